The van der Waals surface area contributed by atoms with Crippen molar-refractivity contribution >= 4 is 54.3 Å². The zero-order valence-corrected chi connectivity index (χ0v) is 58.6. The second-order valence-electron chi connectivity index (χ2n) is 26.0. The summed E-state index contributed by atoms with van der Waals surface area (Å²) < 4.78 is 33.7. The molecule has 0 aliphatic heterocycles. The van der Waals surface area contributed by atoms with E-state index in [2.05, 4.69) is 350 Å². The molecule has 0 spiro atoms. The van der Waals surface area contributed by atoms with E-state index in [9.17, 15) is 0 Å². The van der Waals surface area contributed by atoms with Gasteiger partial charge in [-0.3, -0.25) is 0 Å². The first kappa shape index (κ1) is 62.7. The third-order valence-corrected chi connectivity index (χ3v) is 19.0. The minimum absolute atomic E-state index is 0.386. The van der Waals surface area contributed by atoms with Gasteiger partial charge in [0.05, 0.1) is 0 Å². The zero-order valence-electron chi connectivity index (χ0n) is 61.6. The van der Waals surface area contributed by atoms with Gasteiger partial charge in [0.1, 0.15) is 35.2 Å². The Kier molecular flexibility index (Phi) is 19.1. The van der Waals surface area contributed by atoms with E-state index in [1.165, 1.54) is 149 Å². The van der Waals surface area contributed by atoms with Gasteiger partial charge in [-0.15, -0.1) is 0 Å². The van der Waals surface area contributed by atoms with Crippen LogP contribution < -0.4 is 22.8 Å². The lowest BCUT2D eigenvalue weighted by Crippen LogP contribution is -2.32. The second-order valence-corrected chi connectivity index (χ2v) is 26.0. The summed E-state index contributed by atoms with van der Waals surface area (Å²) in [5.74, 6) is 0. The van der Waals surface area contributed by atoms with Crippen LogP contribution in [-0.4, -0.2) is 0 Å². The normalized spacial score (nSPS) is 11.5. The molecule has 0 unspecified atom stereocenters. The van der Waals surface area contributed by atoms with Gasteiger partial charge in [-0.25, -0.2) is 9.13 Å². The van der Waals surface area contributed by atoms with Crippen molar-refractivity contribution in [3.05, 3.63) is 328 Å². The molecule has 476 valence electrons. The van der Waals surface area contributed by atoms with Crippen molar-refractivity contribution in [2.45, 2.75) is 76.1 Å². The first-order valence-electron chi connectivity index (χ1n) is 34.8. The molecule has 96 heavy (non-hydrogen) atoms. The molecule has 0 N–H and O–H groups in total. The van der Waals surface area contributed by atoms with E-state index < -0.39 is 6.85 Å². The Hall–Kier alpha value is -10.8. The van der Waals surface area contributed by atoms with Crippen molar-refractivity contribution in [2.75, 3.05) is 0 Å². The Morgan fingerprint density at radius 3 is 0.979 bits per heavy atom. The average Bonchev–Trinajstić information content (AvgIpc) is 0.813. The minimum Gasteiger partial charge on any atom is -0.200 e. The smallest absolute Gasteiger partial charge is 0.200 e. The standard InChI is InChI=1S/2C19H20N.2C18H18N.C17H16N/c1-13-9-14(2)15(3)18(10-13)19-11-16-7-5-6-8-17(16)12-20(19)4;1-13-11-14(2)15(3)17(12-13)19-10-9-16-7-5-6-8-18(16)20(19)4;1-13-8-10-16(14(2)12-13)18-11-9-15-6-4-5-7-17(15)19(18)3;1-13-8-9-17(14(2)10-13)18-11-15-6-4-5-7-16(15)12-19(18)3;1-13-7-3-5-9-15(13)17-12-11-14-8-4-6-10-16(14)18(17)2/h2*5-12H,1-4H3;2*4-12H,1-3H3;3-12H,1-2H3/q5*+1/i;;;1D3;. The van der Waals surface area contributed by atoms with Gasteiger partial charge >= 0.3 is 0 Å². The van der Waals surface area contributed by atoms with Crippen molar-refractivity contribution in [2.24, 2.45) is 35.2 Å². The summed E-state index contributed by atoms with van der Waals surface area (Å²) in [4.78, 5) is 0. The molecule has 0 bridgehead atoms. The maximum atomic E-state index is 7.52. The molecule has 15 aromatic rings. The van der Waals surface area contributed by atoms with E-state index in [1.54, 1.807) is 12.1 Å². The molecule has 0 saturated heterocycles. The topological polar surface area (TPSA) is 19.4 Å². The predicted molar refractivity (Wildman–Crippen MR) is 405 cm³/mol. The largest absolute Gasteiger partial charge is 0.213 e. The van der Waals surface area contributed by atoms with E-state index in [1.807, 2.05) is 32.2 Å². The van der Waals surface area contributed by atoms with Crippen LogP contribution in [0, 0.1) is 76.1 Å². The molecule has 5 aromatic heterocycles. The van der Waals surface area contributed by atoms with E-state index in [-0.39, 0.29) is 0 Å². The summed E-state index contributed by atoms with van der Waals surface area (Å²) >= 11 is 0. The fourth-order valence-electron chi connectivity index (χ4n) is 13.5. The van der Waals surface area contributed by atoms with Gasteiger partial charge in [-0.2, -0.15) is 13.7 Å². The Labute approximate surface area is 574 Å². The van der Waals surface area contributed by atoms with Crippen molar-refractivity contribution < 1.29 is 26.9 Å². The highest BCUT2D eigenvalue weighted by molar-refractivity contribution is 5.86. The average molecular weight is 1260 g/mol. The number of benzene rings is 10. The van der Waals surface area contributed by atoms with E-state index in [4.69, 9.17) is 4.11 Å². The van der Waals surface area contributed by atoms with E-state index >= 15 is 0 Å². The number of fused-ring (bicyclic) bond motifs is 5. The summed E-state index contributed by atoms with van der Waals surface area (Å²) in [6.07, 6.45) is 4.31. The highest BCUT2D eigenvalue weighted by Gasteiger charge is 2.21. The van der Waals surface area contributed by atoms with Crippen LogP contribution in [0.5, 0.6) is 0 Å². The number of hydrogen-bond acceptors (Lipinski definition) is 0. The highest BCUT2D eigenvalue weighted by Crippen LogP contribution is 2.31. The lowest BCUT2D eigenvalue weighted by molar-refractivity contribution is -0.659. The summed E-state index contributed by atoms with van der Waals surface area (Å²) in [6.45, 7) is 19.5. The monoisotopic (exact) mass is 1260 g/mol. The van der Waals surface area contributed by atoms with E-state index in [0.717, 1.165) is 16.8 Å². The SMILES string of the molecule is Cc1cc(C)c(C)c(-c2cc3ccccc3c[n+]2C)c1.Cc1cc(C)c(C)c(-c2ccc3ccccc3[n+]2C)c1.Cc1ccc(-c2ccc3ccccc3[n+]2C)c(C)c1.Cc1ccccc1-c1ccc2ccccc2[n+]1C.[2H]C([2H])([2H])c1ccc(-c2cc3ccccc3c[n+]2C)c(C)c1. The van der Waals surface area contributed by atoms with Crippen LogP contribution in [0.25, 0.3) is 111 Å². The highest BCUT2D eigenvalue weighted by atomic mass is 15.0. The van der Waals surface area contributed by atoms with Crippen molar-refractivity contribution in [1.82, 2.24) is 0 Å². The number of para-hydroxylation sites is 3. The van der Waals surface area contributed by atoms with Crippen LogP contribution in [-0.2, 0) is 35.2 Å². The molecule has 0 amide bonds. The maximum absolute atomic E-state index is 7.52. The van der Waals surface area contributed by atoms with Gasteiger partial charge in [0.25, 0.3) is 0 Å². The number of rotatable bonds is 5. The molecule has 0 aliphatic rings. The number of aromatic nitrogens is 5. The van der Waals surface area contributed by atoms with Gasteiger partial charge in [0.15, 0.2) is 12.4 Å². The summed E-state index contributed by atoms with van der Waals surface area (Å²) in [5, 5.41) is 8.76. The molecular formula is C91H92N5+5. The van der Waals surface area contributed by atoms with Gasteiger partial charge in [-0.05, 0) is 205 Å². The van der Waals surface area contributed by atoms with Crippen LogP contribution in [0.4, 0.5) is 0 Å². The minimum atomic E-state index is -2.06. The first-order valence-corrected chi connectivity index (χ1v) is 33.3. The molecular weight excluding hydrogens is 1160 g/mol. The summed E-state index contributed by atoms with van der Waals surface area (Å²) in [6, 6.07) is 89.5. The lowest BCUT2D eigenvalue weighted by atomic mass is 9.96. The third-order valence-electron chi connectivity index (χ3n) is 19.0. The van der Waals surface area contributed by atoms with Crippen LogP contribution in [0.2, 0.25) is 0 Å². The molecule has 0 aliphatic carbocycles. The Balaban J connectivity index is 0.000000125. The van der Waals surface area contributed by atoms with Gasteiger partial charge < -0.3 is 0 Å². The molecule has 5 nitrogen and oxygen atoms in total. The molecule has 10 aromatic carbocycles. The number of pyridine rings is 5. The van der Waals surface area contributed by atoms with Gasteiger partial charge in [-0.1, -0.05) is 150 Å². The predicted octanol–water partition coefficient (Wildman–Crippen LogP) is 20.0. The van der Waals surface area contributed by atoms with Crippen molar-refractivity contribution in [3.63, 3.8) is 0 Å². The van der Waals surface area contributed by atoms with Crippen molar-refractivity contribution in [3.8, 4) is 56.3 Å². The molecule has 0 radical (unpaired) electrons. The Bertz CT molecular complexity index is 5450. The quantitative estimate of drug-likeness (QED) is 0.153. The third kappa shape index (κ3) is 14.6. The van der Waals surface area contributed by atoms with Crippen LogP contribution in [0.3, 0.4) is 0 Å². The van der Waals surface area contributed by atoms with Gasteiger partial charge in [0.2, 0.25) is 45.0 Å². The maximum Gasteiger partial charge on any atom is 0.213 e. The fourth-order valence-corrected chi connectivity index (χ4v) is 13.5. The molecule has 0 fully saturated rings. The van der Waals surface area contributed by atoms with Crippen LogP contribution in [0.1, 0.15) is 65.3 Å². The number of aryl methyl sites for hydroxylation is 14. The summed E-state index contributed by atoms with van der Waals surface area (Å²) in [7, 11) is 10.5. The van der Waals surface area contributed by atoms with Crippen molar-refractivity contribution in [1.29, 1.82) is 0 Å². The Morgan fingerprint density at radius 2 is 0.552 bits per heavy atom. The second kappa shape index (κ2) is 29.3. The van der Waals surface area contributed by atoms with Crippen LogP contribution in [0.15, 0.2) is 267 Å². The molecule has 0 atom stereocenters. The number of hydrogen-bond donors (Lipinski definition) is 0. The first-order chi connectivity index (χ1) is 47.4. The zero-order chi connectivity index (χ0) is 70.4. The van der Waals surface area contributed by atoms with E-state index in [0.29, 0.717) is 5.56 Å². The number of nitrogens with zero attached hydrogens (tertiary/aromatic N) is 5. The summed E-state index contributed by atoms with van der Waals surface area (Å²) in [5.41, 5.74) is 29.6. The molecule has 5 heteroatoms. The van der Waals surface area contributed by atoms with Gasteiger partial charge in [0, 0.05) is 107 Å². The molecule has 0 saturated carbocycles. The molecule has 15 rings (SSSR count). The lowest BCUT2D eigenvalue weighted by Gasteiger charge is -2.10. The fraction of sp³-hybridized carbons (Fsp3) is 0.176. The van der Waals surface area contributed by atoms with Crippen LogP contribution >= 0.6 is 0 Å². The Morgan fingerprint density at radius 1 is 0.229 bits per heavy atom. The molecule has 5 heterocycles.